The fourth-order valence-electron chi connectivity index (χ4n) is 1.69. The van der Waals surface area contributed by atoms with Crippen molar-refractivity contribution in [2.75, 3.05) is 13.7 Å². The minimum Gasteiger partial charge on any atom is -0.490 e. The molecule has 2 rings (SSSR count). The van der Waals surface area contributed by atoms with Gasteiger partial charge in [0.05, 0.1) is 19.3 Å². The minimum atomic E-state index is -0.433. The predicted molar refractivity (Wildman–Crippen MR) is 77.9 cm³/mol. The van der Waals surface area contributed by atoms with E-state index >= 15 is 0 Å². The van der Waals surface area contributed by atoms with Crippen LogP contribution in [0.5, 0.6) is 17.4 Å². The molecule has 0 spiro atoms. The van der Waals surface area contributed by atoms with Crippen LogP contribution in [0, 0.1) is 0 Å². The molecule has 0 fully saturated rings. The predicted octanol–water partition coefficient (Wildman–Crippen LogP) is 3.45. The van der Waals surface area contributed by atoms with E-state index in [1.165, 1.54) is 19.4 Å². The van der Waals surface area contributed by atoms with Gasteiger partial charge in [0.25, 0.3) is 0 Å². The molecule has 0 unspecified atom stereocenters. The lowest BCUT2D eigenvalue weighted by Gasteiger charge is -2.11. The molecular weight excluding hydrogens is 270 g/mol. The third-order valence-corrected chi connectivity index (χ3v) is 2.68. The van der Waals surface area contributed by atoms with Crippen molar-refractivity contribution in [3.8, 4) is 17.4 Å². The van der Waals surface area contributed by atoms with Gasteiger partial charge in [-0.15, -0.1) is 0 Å². The smallest absolute Gasteiger partial charge is 0.338 e. The molecule has 1 aromatic heterocycles. The van der Waals surface area contributed by atoms with Crippen LogP contribution in [0.15, 0.2) is 42.6 Å². The summed E-state index contributed by atoms with van der Waals surface area (Å²) in [5, 5.41) is 0. The maximum absolute atomic E-state index is 11.5. The summed E-state index contributed by atoms with van der Waals surface area (Å²) in [6, 6.07) is 10.4. The highest BCUT2D eigenvalue weighted by molar-refractivity contribution is 5.89. The number of carbonyl (C=O) groups is 1. The standard InChI is InChI=1S/C16H17NO4/c1-3-10-20-13-6-4-5-7-14(13)21-15-11-12(8-9-17-15)16(18)19-2/h4-9,11H,3,10H2,1-2H3. The molecule has 21 heavy (non-hydrogen) atoms. The van der Waals surface area contributed by atoms with Gasteiger partial charge in [-0.1, -0.05) is 19.1 Å². The first kappa shape index (κ1) is 14.8. The van der Waals surface area contributed by atoms with Crippen molar-refractivity contribution >= 4 is 5.97 Å². The Hall–Kier alpha value is -2.56. The topological polar surface area (TPSA) is 57.7 Å². The van der Waals surface area contributed by atoms with Crippen LogP contribution in [-0.2, 0) is 4.74 Å². The lowest BCUT2D eigenvalue weighted by atomic mass is 10.2. The monoisotopic (exact) mass is 287 g/mol. The molecule has 1 heterocycles. The highest BCUT2D eigenvalue weighted by Gasteiger charge is 2.10. The highest BCUT2D eigenvalue weighted by Crippen LogP contribution is 2.30. The third kappa shape index (κ3) is 3.95. The summed E-state index contributed by atoms with van der Waals surface area (Å²) in [6.07, 6.45) is 2.40. The summed E-state index contributed by atoms with van der Waals surface area (Å²) in [5.74, 6) is 1.08. The van der Waals surface area contributed by atoms with Crippen LogP contribution in [0.2, 0.25) is 0 Å². The number of benzene rings is 1. The lowest BCUT2D eigenvalue weighted by molar-refractivity contribution is 0.0600. The fourth-order valence-corrected chi connectivity index (χ4v) is 1.69. The molecule has 0 saturated carbocycles. The molecule has 0 saturated heterocycles. The third-order valence-electron chi connectivity index (χ3n) is 2.68. The molecule has 0 atom stereocenters. The number of nitrogens with zero attached hydrogens (tertiary/aromatic N) is 1. The average Bonchev–Trinajstić information content (AvgIpc) is 2.53. The Balaban J connectivity index is 2.20. The first-order valence-electron chi connectivity index (χ1n) is 6.68. The van der Waals surface area contributed by atoms with Gasteiger partial charge in [-0.3, -0.25) is 0 Å². The van der Waals surface area contributed by atoms with Gasteiger partial charge >= 0.3 is 5.97 Å². The van der Waals surface area contributed by atoms with E-state index in [4.69, 9.17) is 9.47 Å². The summed E-state index contributed by atoms with van der Waals surface area (Å²) in [6.45, 7) is 2.64. The molecule has 0 aliphatic rings. The number of aromatic nitrogens is 1. The number of esters is 1. The Labute approximate surface area is 123 Å². The zero-order valence-electron chi connectivity index (χ0n) is 12.0. The molecular formula is C16H17NO4. The van der Waals surface area contributed by atoms with Crippen LogP contribution in [0.1, 0.15) is 23.7 Å². The van der Waals surface area contributed by atoms with Gasteiger partial charge in [0.2, 0.25) is 5.88 Å². The first-order chi connectivity index (χ1) is 10.2. The molecule has 2 aromatic rings. The molecule has 0 bridgehead atoms. The maximum atomic E-state index is 11.5. The molecule has 1 aromatic carbocycles. The summed E-state index contributed by atoms with van der Waals surface area (Å²) in [7, 11) is 1.33. The second-order valence-corrected chi connectivity index (χ2v) is 4.27. The first-order valence-corrected chi connectivity index (χ1v) is 6.68. The molecule has 0 N–H and O–H groups in total. The summed E-state index contributed by atoms with van der Waals surface area (Å²) in [4.78, 5) is 15.6. The fraction of sp³-hybridized carbons (Fsp3) is 0.250. The van der Waals surface area contributed by atoms with E-state index in [0.29, 0.717) is 29.5 Å². The Bertz CT molecular complexity index is 613. The number of para-hydroxylation sites is 2. The van der Waals surface area contributed by atoms with Gasteiger partial charge in [-0.25, -0.2) is 9.78 Å². The van der Waals surface area contributed by atoms with Crippen molar-refractivity contribution in [2.24, 2.45) is 0 Å². The van der Waals surface area contributed by atoms with Crippen molar-refractivity contribution in [1.82, 2.24) is 4.98 Å². The molecule has 0 aliphatic carbocycles. The second-order valence-electron chi connectivity index (χ2n) is 4.27. The van der Waals surface area contributed by atoms with Crippen LogP contribution in [0.25, 0.3) is 0 Å². The number of carbonyl (C=O) groups excluding carboxylic acids is 1. The number of hydrogen-bond donors (Lipinski definition) is 0. The average molecular weight is 287 g/mol. The zero-order chi connectivity index (χ0) is 15.1. The van der Waals surface area contributed by atoms with Crippen molar-refractivity contribution in [2.45, 2.75) is 13.3 Å². The van der Waals surface area contributed by atoms with Crippen molar-refractivity contribution < 1.29 is 19.0 Å². The molecule has 0 radical (unpaired) electrons. The molecule has 5 nitrogen and oxygen atoms in total. The van der Waals surface area contributed by atoms with Crippen molar-refractivity contribution in [3.05, 3.63) is 48.2 Å². The van der Waals surface area contributed by atoms with E-state index in [2.05, 4.69) is 9.72 Å². The molecule has 0 aliphatic heterocycles. The van der Waals surface area contributed by atoms with E-state index in [-0.39, 0.29) is 0 Å². The van der Waals surface area contributed by atoms with Gasteiger partial charge in [0, 0.05) is 12.3 Å². The maximum Gasteiger partial charge on any atom is 0.338 e. The normalized spacial score (nSPS) is 10.0. The quantitative estimate of drug-likeness (QED) is 0.762. The molecule has 5 heteroatoms. The van der Waals surface area contributed by atoms with Gasteiger partial charge in [0.1, 0.15) is 0 Å². The van der Waals surface area contributed by atoms with Crippen LogP contribution in [0.3, 0.4) is 0 Å². The Kier molecular flexibility index (Phi) is 5.15. The Morgan fingerprint density at radius 1 is 1.19 bits per heavy atom. The van der Waals surface area contributed by atoms with Crippen LogP contribution < -0.4 is 9.47 Å². The van der Waals surface area contributed by atoms with Gasteiger partial charge < -0.3 is 14.2 Å². The van der Waals surface area contributed by atoms with Crippen LogP contribution >= 0.6 is 0 Å². The Morgan fingerprint density at radius 2 is 1.95 bits per heavy atom. The molecule has 0 amide bonds. The van der Waals surface area contributed by atoms with Gasteiger partial charge in [0.15, 0.2) is 11.5 Å². The minimum absolute atomic E-state index is 0.311. The SMILES string of the molecule is CCCOc1ccccc1Oc1cc(C(=O)OC)ccn1. The number of pyridine rings is 1. The van der Waals surface area contributed by atoms with E-state index in [1.54, 1.807) is 12.1 Å². The highest BCUT2D eigenvalue weighted by atomic mass is 16.5. The summed E-state index contributed by atoms with van der Waals surface area (Å²) in [5.41, 5.74) is 0.384. The van der Waals surface area contributed by atoms with Crippen molar-refractivity contribution in [1.29, 1.82) is 0 Å². The van der Waals surface area contributed by atoms with Crippen LogP contribution in [-0.4, -0.2) is 24.7 Å². The van der Waals surface area contributed by atoms with E-state index in [1.807, 2.05) is 25.1 Å². The lowest BCUT2D eigenvalue weighted by Crippen LogP contribution is -2.02. The largest absolute Gasteiger partial charge is 0.490 e. The van der Waals surface area contributed by atoms with Gasteiger partial charge in [-0.05, 0) is 24.6 Å². The van der Waals surface area contributed by atoms with E-state index < -0.39 is 5.97 Å². The zero-order valence-corrected chi connectivity index (χ0v) is 12.0. The summed E-state index contributed by atoms with van der Waals surface area (Å²) < 4.78 is 16.0. The number of rotatable bonds is 6. The summed E-state index contributed by atoms with van der Waals surface area (Å²) >= 11 is 0. The number of hydrogen-bond acceptors (Lipinski definition) is 5. The van der Waals surface area contributed by atoms with Crippen LogP contribution in [0.4, 0.5) is 0 Å². The van der Waals surface area contributed by atoms with Crippen molar-refractivity contribution in [3.63, 3.8) is 0 Å². The Morgan fingerprint density at radius 3 is 2.67 bits per heavy atom. The second kappa shape index (κ2) is 7.28. The number of ether oxygens (including phenoxy) is 3. The van der Waals surface area contributed by atoms with Gasteiger partial charge in [-0.2, -0.15) is 0 Å². The number of methoxy groups -OCH3 is 1. The van der Waals surface area contributed by atoms with E-state index in [9.17, 15) is 4.79 Å². The molecule has 110 valence electrons. The van der Waals surface area contributed by atoms with E-state index in [0.717, 1.165) is 6.42 Å².